The maximum Gasteiger partial charge on any atom is 0.407 e. The van der Waals surface area contributed by atoms with E-state index in [2.05, 4.69) is 17.4 Å². The molecule has 3 atom stereocenters. The van der Waals surface area contributed by atoms with Gasteiger partial charge >= 0.3 is 12.1 Å². The molecule has 1 unspecified atom stereocenters. The molecule has 1 fully saturated rings. The Morgan fingerprint density at radius 2 is 1.56 bits per heavy atom. The number of aliphatic carboxylic acids is 1. The van der Waals surface area contributed by atoms with Crippen LogP contribution in [-0.2, 0) is 25.7 Å². The Hall–Kier alpha value is -4.17. The van der Waals surface area contributed by atoms with Gasteiger partial charge in [0, 0.05) is 19.0 Å². The monoisotopic (exact) mass is 528 g/mol. The van der Waals surface area contributed by atoms with Crippen molar-refractivity contribution >= 4 is 18.0 Å². The van der Waals surface area contributed by atoms with Crippen LogP contribution in [0.5, 0.6) is 0 Å². The second-order valence-corrected chi connectivity index (χ2v) is 10.1. The van der Waals surface area contributed by atoms with Gasteiger partial charge < -0.3 is 24.8 Å². The van der Waals surface area contributed by atoms with Gasteiger partial charge in [-0.1, -0.05) is 78.9 Å². The van der Waals surface area contributed by atoms with Crippen molar-refractivity contribution in [3.8, 4) is 11.1 Å². The lowest BCUT2D eigenvalue weighted by Gasteiger charge is -2.28. The summed E-state index contributed by atoms with van der Waals surface area (Å²) in [6.07, 6.45) is -1.03. The maximum absolute atomic E-state index is 13.5. The summed E-state index contributed by atoms with van der Waals surface area (Å²) in [5.41, 5.74) is 5.37. The van der Waals surface area contributed by atoms with Crippen molar-refractivity contribution in [3.63, 3.8) is 0 Å². The van der Waals surface area contributed by atoms with Crippen LogP contribution in [-0.4, -0.2) is 59.8 Å². The molecule has 8 heteroatoms. The molecule has 5 rings (SSSR count). The number of benzene rings is 3. The van der Waals surface area contributed by atoms with Gasteiger partial charge in [0.2, 0.25) is 5.91 Å². The average Bonchev–Trinajstić information content (AvgIpc) is 3.58. The molecule has 1 aliphatic heterocycles. The number of nitrogens with one attached hydrogen (secondary N) is 1. The third-order valence-electron chi connectivity index (χ3n) is 7.56. The minimum atomic E-state index is -1.03. The molecule has 0 aromatic heterocycles. The van der Waals surface area contributed by atoms with E-state index in [1.54, 1.807) is 6.92 Å². The number of carbonyl (C=O) groups excluding carboxylic acids is 2. The number of amides is 2. The first-order chi connectivity index (χ1) is 18.9. The molecule has 0 bridgehead atoms. The van der Waals surface area contributed by atoms with Crippen LogP contribution in [0, 0.1) is 5.92 Å². The Morgan fingerprint density at radius 3 is 2.18 bits per heavy atom. The Morgan fingerprint density at radius 1 is 0.949 bits per heavy atom. The number of carbonyl (C=O) groups is 3. The molecule has 2 amide bonds. The molecule has 2 aliphatic rings. The lowest BCUT2D eigenvalue weighted by atomic mass is 9.98. The van der Waals surface area contributed by atoms with Gasteiger partial charge in [-0.15, -0.1) is 0 Å². The molecule has 1 aliphatic carbocycles. The molecule has 8 nitrogen and oxygen atoms in total. The van der Waals surface area contributed by atoms with Gasteiger partial charge in [-0.25, -0.2) is 4.79 Å². The topological polar surface area (TPSA) is 105 Å². The van der Waals surface area contributed by atoms with Gasteiger partial charge in [-0.3, -0.25) is 9.59 Å². The summed E-state index contributed by atoms with van der Waals surface area (Å²) < 4.78 is 11.7. The van der Waals surface area contributed by atoms with E-state index in [4.69, 9.17) is 9.47 Å². The number of rotatable bonds is 9. The van der Waals surface area contributed by atoms with Crippen molar-refractivity contribution in [2.75, 3.05) is 19.7 Å². The number of carboxylic acid groups (broad SMARTS) is 1. The second-order valence-electron chi connectivity index (χ2n) is 10.1. The summed E-state index contributed by atoms with van der Waals surface area (Å²) >= 11 is 0. The fourth-order valence-electron chi connectivity index (χ4n) is 5.40. The zero-order chi connectivity index (χ0) is 27.4. The van der Waals surface area contributed by atoms with E-state index in [1.165, 1.54) is 4.90 Å². The fraction of sp³-hybridized carbons (Fsp3) is 0.323. The molecule has 202 valence electrons. The summed E-state index contributed by atoms with van der Waals surface area (Å²) in [5, 5.41) is 12.1. The molecular weight excluding hydrogens is 496 g/mol. The molecule has 0 spiro atoms. The van der Waals surface area contributed by atoms with Crippen LogP contribution < -0.4 is 5.32 Å². The first kappa shape index (κ1) is 26.4. The molecule has 0 saturated carbocycles. The van der Waals surface area contributed by atoms with Crippen molar-refractivity contribution < 1.29 is 29.0 Å². The highest BCUT2D eigenvalue weighted by molar-refractivity contribution is 5.87. The predicted molar refractivity (Wildman–Crippen MR) is 145 cm³/mol. The molecule has 39 heavy (non-hydrogen) atoms. The zero-order valence-corrected chi connectivity index (χ0v) is 21.8. The minimum absolute atomic E-state index is 0.0996. The number of carboxylic acids is 1. The van der Waals surface area contributed by atoms with E-state index in [-0.39, 0.29) is 31.6 Å². The summed E-state index contributed by atoms with van der Waals surface area (Å²) in [7, 11) is 0. The lowest BCUT2D eigenvalue weighted by molar-refractivity contribution is -0.142. The van der Waals surface area contributed by atoms with Crippen LogP contribution in [0.25, 0.3) is 11.1 Å². The normalized spacial score (nSPS) is 17.7. The molecule has 3 aromatic rings. The van der Waals surface area contributed by atoms with Gasteiger partial charge in [-0.2, -0.15) is 0 Å². The van der Waals surface area contributed by atoms with Crippen LogP contribution in [0.4, 0.5) is 4.79 Å². The number of likely N-dealkylation sites (tertiary alicyclic amines) is 1. The smallest absolute Gasteiger partial charge is 0.407 e. The third kappa shape index (κ3) is 5.81. The minimum Gasteiger partial charge on any atom is -0.481 e. The number of ether oxygens (including phenoxy) is 2. The Kier molecular flexibility index (Phi) is 7.93. The van der Waals surface area contributed by atoms with E-state index < -0.39 is 30.1 Å². The first-order valence-electron chi connectivity index (χ1n) is 13.2. The molecule has 1 heterocycles. The highest BCUT2D eigenvalue weighted by atomic mass is 16.5. The SMILES string of the molecule is C[C@H](OCc1ccccc1)[C@@H](NC(=O)OCC1c2ccccc2-c2ccccc21)C(=O)N1CCC(C(=O)O)C1. The molecule has 1 saturated heterocycles. The summed E-state index contributed by atoms with van der Waals surface area (Å²) in [4.78, 5) is 39.4. The number of nitrogens with zero attached hydrogens (tertiary/aromatic N) is 1. The van der Waals surface area contributed by atoms with Crippen LogP contribution in [0.2, 0.25) is 0 Å². The molecule has 0 radical (unpaired) electrons. The van der Waals surface area contributed by atoms with Crippen LogP contribution in [0.3, 0.4) is 0 Å². The van der Waals surface area contributed by atoms with Crippen LogP contribution in [0.15, 0.2) is 78.9 Å². The Labute approximate surface area is 227 Å². The summed E-state index contributed by atoms with van der Waals surface area (Å²) in [6.45, 7) is 2.51. The van der Waals surface area contributed by atoms with Gasteiger partial charge in [0.15, 0.2) is 0 Å². The quantitative estimate of drug-likeness (QED) is 0.426. The van der Waals surface area contributed by atoms with Gasteiger partial charge in [0.25, 0.3) is 0 Å². The van der Waals surface area contributed by atoms with Crippen molar-refractivity contribution in [2.24, 2.45) is 5.92 Å². The predicted octanol–water partition coefficient (Wildman–Crippen LogP) is 4.43. The largest absolute Gasteiger partial charge is 0.481 e. The lowest BCUT2D eigenvalue weighted by Crippen LogP contribution is -2.54. The Balaban J connectivity index is 1.27. The highest BCUT2D eigenvalue weighted by Gasteiger charge is 2.38. The maximum atomic E-state index is 13.5. The standard InChI is InChI=1S/C31H32N2O6/c1-20(38-18-21-9-3-2-4-10-21)28(29(34)33-16-15-22(17-33)30(35)36)32-31(37)39-19-27-25-13-7-5-11-23(25)24-12-6-8-14-26(24)27/h2-14,20,22,27-28H,15-19H2,1H3,(H,32,37)(H,35,36)/t20-,22?,28+/m0/s1. The van der Waals surface area contributed by atoms with Crippen LogP contribution >= 0.6 is 0 Å². The molecule has 3 aromatic carbocycles. The Bertz CT molecular complexity index is 1300. The van der Waals surface area contributed by atoms with Crippen molar-refractivity contribution in [1.29, 1.82) is 0 Å². The number of alkyl carbamates (subject to hydrolysis) is 1. The van der Waals surface area contributed by atoms with Gasteiger partial charge in [0.1, 0.15) is 12.6 Å². The van der Waals surface area contributed by atoms with E-state index in [9.17, 15) is 19.5 Å². The molecular formula is C31H32N2O6. The first-order valence-corrected chi connectivity index (χ1v) is 13.2. The second kappa shape index (κ2) is 11.7. The van der Waals surface area contributed by atoms with Crippen molar-refractivity contribution in [3.05, 3.63) is 95.6 Å². The van der Waals surface area contributed by atoms with Gasteiger partial charge in [0.05, 0.1) is 18.6 Å². The van der Waals surface area contributed by atoms with E-state index in [0.717, 1.165) is 27.8 Å². The van der Waals surface area contributed by atoms with E-state index in [1.807, 2.05) is 66.7 Å². The number of fused-ring (bicyclic) bond motifs is 3. The van der Waals surface area contributed by atoms with E-state index in [0.29, 0.717) is 13.0 Å². The summed E-state index contributed by atoms with van der Waals surface area (Å²) in [6, 6.07) is 24.6. The van der Waals surface area contributed by atoms with Crippen molar-refractivity contribution in [2.45, 2.75) is 38.0 Å². The third-order valence-corrected chi connectivity index (χ3v) is 7.56. The average molecular weight is 529 g/mol. The zero-order valence-electron chi connectivity index (χ0n) is 21.8. The fourth-order valence-corrected chi connectivity index (χ4v) is 5.40. The van der Waals surface area contributed by atoms with Crippen LogP contribution in [0.1, 0.15) is 36.0 Å². The number of hydrogen-bond acceptors (Lipinski definition) is 5. The van der Waals surface area contributed by atoms with Crippen molar-refractivity contribution in [1.82, 2.24) is 10.2 Å². The van der Waals surface area contributed by atoms with Gasteiger partial charge in [-0.05, 0) is 41.2 Å². The highest BCUT2D eigenvalue weighted by Crippen LogP contribution is 2.44. The van der Waals surface area contributed by atoms with E-state index >= 15 is 0 Å². The number of hydrogen-bond donors (Lipinski definition) is 2. The summed E-state index contributed by atoms with van der Waals surface area (Å²) in [5.74, 6) is -2.05. The molecule has 2 N–H and O–H groups in total.